The number of nitrogens with zero attached hydrogens (tertiary/aromatic N) is 6. The summed E-state index contributed by atoms with van der Waals surface area (Å²) in [5.74, 6) is 3.41. The molecule has 6 heterocycles. The molecule has 3 atom stereocenters. The molecule has 7 rings (SSSR count). The predicted molar refractivity (Wildman–Crippen MR) is 150 cm³/mol. The summed E-state index contributed by atoms with van der Waals surface area (Å²) in [4.78, 5) is 24.3. The van der Waals surface area contributed by atoms with Gasteiger partial charge in [0.15, 0.2) is 17.4 Å². The van der Waals surface area contributed by atoms with Crippen LogP contribution in [0.2, 0.25) is 0 Å². The maximum Gasteiger partial charge on any atom is 0.175 e. The Morgan fingerprint density at radius 2 is 2.05 bits per heavy atom. The van der Waals surface area contributed by atoms with Crippen LogP contribution in [0.5, 0.6) is 5.75 Å². The van der Waals surface area contributed by atoms with Gasteiger partial charge in [0.2, 0.25) is 0 Å². The van der Waals surface area contributed by atoms with Gasteiger partial charge in [0, 0.05) is 56.8 Å². The van der Waals surface area contributed by atoms with E-state index in [1.54, 1.807) is 7.11 Å². The Bertz CT molecular complexity index is 1380. The van der Waals surface area contributed by atoms with E-state index in [2.05, 4.69) is 25.8 Å². The normalized spacial score (nSPS) is 24.8. The van der Waals surface area contributed by atoms with E-state index >= 15 is 0 Å². The molecule has 11 heteroatoms. The van der Waals surface area contributed by atoms with E-state index < -0.39 is 0 Å². The molecule has 2 saturated heterocycles. The Morgan fingerprint density at radius 1 is 1.18 bits per heavy atom. The van der Waals surface area contributed by atoms with Gasteiger partial charge >= 0.3 is 0 Å². The zero-order valence-corrected chi connectivity index (χ0v) is 22.9. The largest absolute Gasteiger partial charge is 0.486 e. The van der Waals surface area contributed by atoms with Crippen molar-refractivity contribution in [2.45, 2.75) is 47.7 Å². The van der Waals surface area contributed by atoms with Crippen molar-refractivity contribution in [2.75, 3.05) is 55.5 Å². The van der Waals surface area contributed by atoms with Crippen LogP contribution in [0.1, 0.15) is 36.6 Å². The summed E-state index contributed by atoms with van der Waals surface area (Å²) >= 11 is 1.48. The summed E-state index contributed by atoms with van der Waals surface area (Å²) in [6, 6.07) is 6.45. The number of methoxy groups -OCH3 is 1. The molecule has 3 aliphatic heterocycles. The summed E-state index contributed by atoms with van der Waals surface area (Å²) < 4.78 is 11.6. The van der Waals surface area contributed by atoms with Crippen molar-refractivity contribution in [2.24, 2.45) is 17.1 Å². The lowest BCUT2D eigenvalue weighted by atomic mass is 9.73. The third kappa shape index (κ3) is 4.27. The SMILES string of the molecule is COCC1C[C@H]2COc3c(Sc4ncc(N5CCC6(CC5)Cc5ncccc5[C@H]6N)nc4N)ccnc3N2C1. The van der Waals surface area contributed by atoms with Gasteiger partial charge in [-0.15, -0.1) is 0 Å². The Labute approximate surface area is 232 Å². The molecule has 1 spiro atoms. The van der Waals surface area contributed by atoms with Crippen molar-refractivity contribution in [1.29, 1.82) is 0 Å². The average molecular weight is 547 g/mol. The van der Waals surface area contributed by atoms with E-state index in [9.17, 15) is 0 Å². The van der Waals surface area contributed by atoms with Gasteiger partial charge in [0.1, 0.15) is 17.5 Å². The fraction of sp³-hybridized carbons (Fsp3) is 0.500. The molecule has 2 fully saturated rings. The minimum atomic E-state index is 0.0356. The quantitative estimate of drug-likeness (QED) is 0.490. The van der Waals surface area contributed by atoms with Gasteiger partial charge in [-0.05, 0) is 48.8 Å². The molecule has 0 amide bonds. The second-order valence-electron chi connectivity index (χ2n) is 11.2. The fourth-order valence-corrected chi connectivity index (χ4v) is 7.68. The van der Waals surface area contributed by atoms with Gasteiger partial charge in [-0.3, -0.25) is 4.98 Å². The minimum absolute atomic E-state index is 0.0356. The lowest BCUT2D eigenvalue weighted by Crippen LogP contribution is -2.44. The third-order valence-electron chi connectivity index (χ3n) is 8.93. The first-order valence-corrected chi connectivity index (χ1v) is 14.5. The Kier molecular flexibility index (Phi) is 6.24. The molecule has 39 heavy (non-hydrogen) atoms. The maximum atomic E-state index is 6.72. The highest BCUT2D eigenvalue weighted by atomic mass is 32.2. The smallest absolute Gasteiger partial charge is 0.175 e. The first-order valence-electron chi connectivity index (χ1n) is 13.7. The van der Waals surface area contributed by atoms with Crippen molar-refractivity contribution in [3.63, 3.8) is 0 Å². The van der Waals surface area contributed by atoms with E-state index in [1.807, 2.05) is 30.7 Å². The molecule has 0 radical (unpaired) electrons. The summed E-state index contributed by atoms with van der Waals surface area (Å²) in [5, 5.41) is 0.671. The van der Waals surface area contributed by atoms with Gasteiger partial charge in [-0.2, -0.15) is 0 Å². The topological polar surface area (TPSA) is 129 Å². The minimum Gasteiger partial charge on any atom is -0.486 e. The first kappa shape index (κ1) is 24.9. The van der Waals surface area contributed by atoms with Crippen molar-refractivity contribution in [3.8, 4) is 5.75 Å². The van der Waals surface area contributed by atoms with Crippen LogP contribution in [0.15, 0.2) is 46.7 Å². The van der Waals surface area contributed by atoms with Gasteiger partial charge in [-0.1, -0.05) is 17.8 Å². The third-order valence-corrected chi connectivity index (χ3v) is 9.98. The van der Waals surface area contributed by atoms with Gasteiger partial charge in [-0.25, -0.2) is 15.0 Å². The average Bonchev–Trinajstić information content (AvgIpc) is 3.49. The lowest BCUT2D eigenvalue weighted by molar-refractivity contribution is 0.157. The van der Waals surface area contributed by atoms with Crippen molar-refractivity contribution in [1.82, 2.24) is 19.9 Å². The lowest BCUT2D eigenvalue weighted by Gasteiger charge is -2.42. The van der Waals surface area contributed by atoms with Crippen LogP contribution in [0.4, 0.5) is 17.5 Å². The number of hydrogen-bond donors (Lipinski definition) is 2. The van der Waals surface area contributed by atoms with E-state index in [1.165, 1.54) is 17.3 Å². The number of fused-ring (bicyclic) bond motifs is 4. The van der Waals surface area contributed by atoms with Gasteiger partial charge in [0.25, 0.3) is 0 Å². The van der Waals surface area contributed by atoms with Crippen LogP contribution in [0.3, 0.4) is 0 Å². The highest BCUT2D eigenvalue weighted by Crippen LogP contribution is 2.50. The van der Waals surface area contributed by atoms with Crippen LogP contribution in [0, 0.1) is 11.3 Å². The number of hydrogen-bond acceptors (Lipinski definition) is 11. The molecular weight excluding hydrogens is 512 g/mol. The summed E-state index contributed by atoms with van der Waals surface area (Å²) in [7, 11) is 1.76. The molecule has 0 saturated carbocycles. The van der Waals surface area contributed by atoms with Crippen molar-refractivity contribution < 1.29 is 9.47 Å². The zero-order chi connectivity index (χ0) is 26.6. The molecule has 4 aliphatic rings. The number of nitrogen functional groups attached to an aromatic ring is 1. The van der Waals surface area contributed by atoms with E-state index in [4.69, 9.17) is 30.9 Å². The van der Waals surface area contributed by atoms with Crippen molar-refractivity contribution >= 4 is 29.2 Å². The molecule has 1 aliphatic carbocycles. The second kappa shape index (κ2) is 9.79. The number of ether oxygens (including phenoxy) is 2. The number of rotatable bonds is 5. The van der Waals surface area contributed by atoms with Crippen LogP contribution in [0.25, 0.3) is 0 Å². The molecular formula is C28H34N8O2S. The monoisotopic (exact) mass is 546 g/mol. The molecule has 204 valence electrons. The molecule has 0 aromatic carbocycles. The number of pyridine rings is 2. The second-order valence-corrected chi connectivity index (χ2v) is 12.2. The van der Waals surface area contributed by atoms with Crippen molar-refractivity contribution in [3.05, 3.63) is 48.0 Å². The summed E-state index contributed by atoms with van der Waals surface area (Å²) in [6.07, 6.45) is 9.52. The molecule has 3 aromatic heterocycles. The van der Waals surface area contributed by atoms with E-state index in [0.717, 1.165) is 79.9 Å². The van der Waals surface area contributed by atoms with E-state index in [-0.39, 0.29) is 11.5 Å². The van der Waals surface area contributed by atoms with E-state index in [0.29, 0.717) is 29.4 Å². The molecule has 3 aromatic rings. The summed E-state index contributed by atoms with van der Waals surface area (Å²) in [5.41, 5.74) is 15.6. The Morgan fingerprint density at radius 3 is 2.85 bits per heavy atom. The number of nitrogens with two attached hydrogens (primary N) is 2. The molecule has 10 nitrogen and oxygen atoms in total. The first-order chi connectivity index (χ1) is 19.0. The predicted octanol–water partition coefficient (Wildman–Crippen LogP) is 3.08. The Hall–Kier alpha value is -3.15. The molecule has 1 unspecified atom stereocenters. The maximum absolute atomic E-state index is 6.72. The Balaban J connectivity index is 1.05. The molecule has 0 bridgehead atoms. The van der Waals surface area contributed by atoms with Gasteiger partial charge < -0.3 is 30.7 Å². The number of piperidine rings is 1. The number of aromatic nitrogens is 4. The standard InChI is InChI=1S/C28H34N8O2S/c1-37-15-17-11-18-16-38-23-21(4-8-32-26(23)36(18)14-17)39-27-25(30)34-22(13-33-27)35-9-5-28(6-10-35)12-20-19(24(28)29)3-2-7-31-20/h2-4,7-8,13,17-18,24H,5-6,9-12,14-16,29H2,1H3,(H2,30,34)/t17?,18-,24+/m0/s1. The van der Waals surface area contributed by atoms with Crippen LogP contribution >= 0.6 is 11.8 Å². The van der Waals surface area contributed by atoms with Crippen LogP contribution in [-0.2, 0) is 11.2 Å². The van der Waals surface area contributed by atoms with Crippen LogP contribution < -0.4 is 26.0 Å². The van der Waals surface area contributed by atoms with Crippen LogP contribution in [-0.4, -0.2) is 65.9 Å². The zero-order valence-electron chi connectivity index (χ0n) is 22.1. The fourth-order valence-electron chi connectivity index (χ4n) is 6.85. The molecule has 4 N–H and O–H groups in total. The number of anilines is 3. The van der Waals surface area contributed by atoms with Gasteiger partial charge in [0.05, 0.1) is 23.7 Å². The highest BCUT2D eigenvalue weighted by molar-refractivity contribution is 7.99. The summed E-state index contributed by atoms with van der Waals surface area (Å²) in [6.45, 7) is 4.07. The highest BCUT2D eigenvalue weighted by Gasteiger charge is 2.46.